The Morgan fingerprint density at radius 1 is 1.32 bits per heavy atom. The molecule has 0 aromatic carbocycles. The summed E-state index contributed by atoms with van der Waals surface area (Å²) in [6.07, 6.45) is 9.02. The molecule has 0 radical (unpaired) electrons. The first-order valence-corrected chi connectivity index (χ1v) is 7.92. The molecule has 110 valence electrons. The maximum atomic E-state index is 12.1. The molecular weight excluding hydrogens is 238 g/mol. The van der Waals surface area contributed by atoms with Gasteiger partial charge in [-0.1, -0.05) is 19.3 Å². The Hall–Kier alpha value is -0.610. The number of nitrogens with one attached hydrogen (secondary N) is 2. The first-order valence-electron chi connectivity index (χ1n) is 7.92. The maximum absolute atomic E-state index is 12.1. The Bertz CT molecular complexity index is 281. The number of hydrogen-bond acceptors (Lipinski definition) is 3. The predicted octanol–water partition coefficient (Wildman–Crippen LogP) is 1.40. The molecule has 1 unspecified atom stereocenters. The van der Waals surface area contributed by atoms with Crippen molar-refractivity contribution in [3.8, 4) is 0 Å². The van der Waals surface area contributed by atoms with Gasteiger partial charge in [0.25, 0.3) is 0 Å². The molecule has 1 saturated heterocycles. The van der Waals surface area contributed by atoms with Crippen molar-refractivity contribution >= 4 is 5.91 Å². The third kappa shape index (κ3) is 4.46. The van der Waals surface area contributed by atoms with Crippen molar-refractivity contribution in [2.75, 3.05) is 26.2 Å². The van der Waals surface area contributed by atoms with Crippen LogP contribution in [0.2, 0.25) is 0 Å². The summed E-state index contributed by atoms with van der Waals surface area (Å²) in [5, 5.41) is 6.46. The average Bonchev–Trinajstić information content (AvgIpc) is 2.93. The van der Waals surface area contributed by atoms with Crippen LogP contribution in [0.1, 0.15) is 51.4 Å². The predicted molar refractivity (Wildman–Crippen MR) is 77.8 cm³/mol. The second-order valence-electron chi connectivity index (χ2n) is 6.44. The van der Waals surface area contributed by atoms with Crippen molar-refractivity contribution < 1.29 is 4.79 Å². The lowest BCUT2D eigenvalue weighted by Gasteiger charge is -2.35. The summed E-state index contributed by atoms with van der Waals surface area (Å²) in [5.74, 6) is 0.955. The molecule has 0 aromatic heterocycles. The van der Waals surface area contributed by atoms with Crippen LogP contribution >= 0.6 is 0 Å². The molecule has 2 fully saturated rings. The highest BCUT2D eigenvalue weighted by Gasteiger charge is 2.32. The van der Waals surface area contributed by atoms with Gasteiger partial charge in [0.15, 0.2) is 0 Å². The van der Waals surface area contributed by atoms with Gasteiger partial charge in [0.05, 0.1) is 0 Å². The molecule has 1 amide bonds. The summed E-state index contributed by atoms with van der Waals surface area (Å²) in [6, 6.07) is 0. The fraction of sp³-hybridized carbons (Fsp3) is 0.933. The van der Waals surface area contributed by atoms with Crippen LogP contribution in [0.5, 0.6) is 0 Å². The Balaban J connectivity index is 1.67. The Labute approximate surface area is 116 Å². The van der Waals surface area contributed by atoms with Gasteiger partial charge >= 0.3 is 0 Å². The monoisotopic (exact) mass is 267 g/mol. The second-order valence-corrected chi connectivity index (χ2v) is 6.44. The minimum atomic E-state index is 0.0945. The highest BCUT2D eigenvalue weighted by atomic mass is 16.1. The van der Waals surface area contributed by atoms with Gasteiger partial charge in [0.1, 0.15) is 0 Å². The second kappa shape index (κ2) is 7.25. The smallest absolute Gasteiger partial charge is 0.220 e. The van der Waals surface area contributed by atoms with E-state index < -0.39 is 0 Å². The zero-order chi connectivity index (χ0) is 13.6. The van der Waals surface area contributed by atoms with Crippen LogP contribution in [0.3, 0.4) is 0 Å². The number of amides is 1. The van der Waals surface area contributed by atoms with Crippen molar-refractivity contribution in [1.29, 1.82) is 0 Å². The van der Waals surface area contributed by atoms with Gasteiger partial charge in [-0.15, -0.1) is 0 Å². The summed E-state index contributed by atoms with van der Waals surface area (Å²) in [4.78, 5) is 12.1. The van der Waals surface area contributed by atoms with Crippen LogP contribution in [0.25, 0.3) is 0 Å². The largest absolute Gasteiger partial charge is 0.356 e. The first-order chi connectivity index (χ1) is 9.24. The van der Waals surface area contributed by atoms with E-state index in [1.807, 2.05) is 0 Å². The summed E-state index contributed by atoms with van der Waals surface area (Å²) in [5.41, 5.74) is 6.02. The molecule has 0 aromatic rings. The molecule has 4 heteroatoms. The lowest BCUT2D eigenvalue weighted by atomic mass is 9.71. The molecule has 2 rings (SSSR count). The van der Waals surface area contributed by atoms with Crippen molar-refractivity contribution in [1.82, 2.24) is 10.6 Å². The fourth-order valence-electron chi connectivity index (χ4n) is 3.53. The van der Waals surface area contributed by atoms with E-state index in [1.165, 1.54) is 25.7 Å². The van der Waals surface area contributed by atoms with Gasteiger partial charge < -0.3 is 16.4 Å². The normalized spacial score (nSPS) is 26.3. The van der Waals surface area contributed by atoms with Gasteiger partial charge in [-0.25, -0.2) is 0 Å². The molecule has 4 nitrogen and oxygen atoms in total. The van der Waals surface area contributed by atoms with Gasteiger partial charge in [0.2, 0.25) is 5.91 Å². The fourth-order valence-corrected chi connectivity index (χ4v) is 3.53. The van der Waals surface area contributed by atoms with Crippen molar-refractivity contribution in [2.24, 2.45) is 17.1 Å². The zero-order valence-electron chi connectivity index (χ0n) is 12.0. The highest BCUT2D eigenvalue weighted by Crippen LogP contribution is 2.38. The van der Waals surface area contributed by atoms with Gasteiger partial charge in [0, 0.05) is 13.0 Å². The molecule has 4 N–H and O–H groups in total. The van der Waals surface area contributed by atoms with Crippen LogP contribution in [0.4, 0.5) is 0 Å². The molecule has 19 heavy (non-hydrogen) atoms. The van der Waals surface area contributed by atoms with E-state index in [9.17, 15) is 4.79 Å². The van der Waals surface area contributed by atoms with Crippen LogP contribution in [-0.2, 0) is 4.79 Å². The molecule has 1 saturated carbocycles. The number of rotatable bonds is 6. The summed E-state index contributed by atoms with van der Waals surface area (Å²) < 4.78 is 0. The van der Waals surface area contributed by atoms with Gasteiger partial charge in [-0.2, -0.15) is 0 Å². The first kappa shape index (κ1) is 14.8. The van der Waals surface area contributed by atoms with Crippen molar-refractivity contribution in [2.45, 2.75) is 51.4 Å². The van der Waals surface area contributed by atoms with E-state index >= 15 is 0 Å². The van der Waals surface area contributed by atoms with Crippen LogP contribution in [0, 0.1) is 11.3 Å². The molecule has 2 aliphatic rings. The summed E-state index contributed by atoms with van der Waals surface area (Å²) in [7, 11) is 0. The highest BCUT2D eigenvalue weighted by molar-refractivity contribution is 5.76. The Morgan fingerprint density at radius 2 is 2.11 bits per heavy atom. The van der Waals surface area contributed by atoms with Crippen molar-refractivity contribution in [3.63, 3.8) is 0 Å². The number of hydrogen-bond donors (Lipinski definition) is 3. The van der Waals surface area contributed by atoms with Crippen molar-refractivity contribution in [3.05, 3.63) is 0 Å². The van der Waals surface area contributed by atoms with E-state index in [1.54, 1.807) is 0 Å². The standard InChI is InChI=1S/C15H29N3O/c16-12-15(6-2-1-3-7-15)10-14(19)18-9-5-13-4-8-17-11-13/h13,17H,1-12,16H2,(H,18,19). The molecule has 1 aliphatic heterocycles. The van der Waals surface area contributed by atoms with Crippen LogP contribution < -0.4 is 16.4 Å². The topological polar surface area (TPSA) is 67.2 Å². The lowest BCUT2D eigenvalue weighted by Crippen LogP contribution is -2.39. The quantitative estimate of drug-likeness (QED) is 0.681. The minimum Gasteiger partial charge on any atom is -0.356 e. The molecule has 1 aliphatic carbocycles. The van der Waals surface area contributed by atoms with E-state index in [-0.39, 0.29) is 11.3 Å². The minimum absolute atomic E-state index is 0.0945. The lowest BCUT2D eigenvalue weighted by molar-refractivity contribution is -0.123. The summed E-state index contributed by atoms with van der Waals surface area (Å²) >= 11 is 0. The average molecular weight is 267 g/mol. The maximum Gasteiger partial charge on any atom is 0.220 e. The van der Waals surface area contributed by atoms with E-state index in [0.29, 0.717) is 13.0 Å². The molecule has 1 heterocycles. The van der Waals surface area contributed by atoms with Crippen LogP contribution in [0.15, 0.2) is 0 Å². The third-order valence-corrected chi connectivity index (χ3v) is 4.92. The van der Waals surface area contributed by atoms with Crippen LogP contribution in [-0.4, -0.2) is 32.1 Å². The molecular formula is C15H29N3O. The zero-order valence-corrected chi connectivity index (χ0v) is 12.0. The molecule has 0 spiro atoms. The SMILES string of the molecule is NCC1(CC(=O)NCCC2CCNC2)CCCCC1. The van der Waals surface area contributed by atoms with Gasteiger partial charge in [-0.05, 0) is 56.7 Å². The number of carbonyl (C=O) groups excluding carboxylic acids is 1. The van der Waals surface area contributed by atoms with E-state index in [4.69, 9.17) is 5.73 Å². The summed E-state index contributed by atoms with van der Waals surface area (Å²) in [6.45, 7) is 3.73. The Morgan fingerprint density at radius 3 is 2.74 bits per heavy atom. The molecule has 0 bridgehead atoms. The Kier molecular flexibility index (Phi) is 5.64. The molecule has 1 atom stereocenters. The van der Waals surface area contributed by atoms with E-state index in [2.05, 4.69) is 10.6 Å². The number of nitrogens with two attached hydrogens (primary N) is 1. The number of carbonyl (C=O) groups is 1. The van der Waals surface area contributed by atoms with Gasteiger partial charge in [-0.3, -0.25) is 4.79 Å². The third-order valence-electron chi connectivity index (χ3n) is 4.92. The van der Waals surface area contributed by atoms with E-state index in [0.717, 1.165) is 44.8 Å².